The monoisotopic (exact) mass is 219 g/mol. The van der Waals surface area contributed by atoms with Crippen molar-refractivity contribution in [3.8, 4) is 5.75 Å². The fraction of sp³-hybridized carbons (Fsp3) is 0.571. The van der Waals surface area contributed by atoms with Gasteiger partial charge in [0.2, 0.25) is 0 Å². The summed E-state index contributed by atoms with van der Waals surface area (Å²) in [6.45, 7) is 8.65. The highest BCUT2D eigenvalue weighted by Gasteiger charge is 2.56. The summed E-state index contributed by atoms with van der Waals surface area (Å²) in [5.41, 5.74) is 10.1. The summed E-state index contributed by atoms with van der Waals surface area (Å²) in [6.07, 6.45) is 0. The van der Waals surface area contributed by atoms with Crippen LogP contribution in [0.1, 0.15) is 36.5 Å². The Morgan fingerprint density at radius 1 is 1.19 bits per heavy atom. The second-order valence-corrected chi connectivity index (χ2v) is 5.51. The summed E-state index contributed by atoms with van der Waals surface area (Å²) in [5.74, 6) is 1.49. The minimum Gasteiger partial charge on any atom is -0.496 e. The predicted molar refractivity (Wildman–Crippen MR) is 67.0 cm³/mol. The Kier molecular flexibility index (Phi) is 2.50. The number of benzene rings is 1. The van der Waals surface area contributed by atoms with Gasteiger partial charge in [0, 0.05) is 12.0 Å². The van der Waals surface area contributed by atoms with Crippen molar-refractivity contribution in [3.63, 3.8) is 0 Å². The summed E-state index contributed by atoms with van der Waals surface area (Å²) >= 11 is 0. The van der Waals surface area contributed by atoms with E-state index in [1.54, 1.807) is 7.11 Å². The van der Waals surface area contributed by atoms with Crippen molar-refractivity contribution in [3.05, 3.63) is 28.8 Å². The average Bonchev–Trinajstić information content (AvgIpc) is 2.65. The fourth-order valence-electron chi connectivity index (χ4n) is 2.80. The van der Waals surface area contributed by atoms with Crippen molar-refractivity contribution in [2.75, 3.05) is 7.11 Å². The highest BCUT2D eigenvalue weighted by Crippen LogP contribution is 2.57. The number of hydrogen-bond donors (Lipinski definition) is 1. The molecule has 2 unspecified atom stereocenters. The lowest BCUT2D eigenvalue weighted by atomic mass is 9.98. The van der Waals surface area contributed by atoms with Gasteiger partial charge < -0.3 is 10.5 Å². The lowest BCUT2D eigenvalue weighted by Gasteiger charge is -2.12. The molecule has 0 aromatic heterocycles. The zero-order valence-electron chi connectivity index (χ0n) is 10.8. The average molecular weight is 219 g/mol. The number of aryl methyl sites for hydroxylation is 2. The Balaban J connectivity index is 2.39. The van der Waals surface area contributed by atoms with Gasteiger partial charge in [-0.1, -0.05) is 26.0 Å². The molecule has 1 aliphatic carbocycles. The minimum absolute atomic E-state index is 0.244. The van der Waals surface area contributed by atoms with E-state index < -0.39 is 0 Å². The molecule has 1 fully saturated rings. The van der Waals surface area contributed by atoms with Gasteiger partial charge in [0.25, 0.3) is 0 Å². The lowest BCUT2D eigenvalue weighted by molar-refractivity contribution is 0.408. The van der Waals surface area contributed by atoms with Gasteiger partial charge in [0.15, 0.2) is 0 Å². The number of hydrogen-bond acceptors (Lipinski definition) is 2. The fourth-order valence-corrected chi connectivity index (χ4v) is 2.80. The summed E-state index contributed by atoms with van der Waals surface area (Å²) in [4.78, 5) is 0. The van der Waals surface area contributed by atoms with Gasteiger partial charge >= 0.3 is 0 Å². The second-order valence-electron chi connectivity index (χ2n) is 5.51. The molecule has 0 bridgehead atoms. The maximum Gasteiger partial charge on any atom is 0.124 e. The summed E-state index contributed by atoms with van der Waals surface area (Å²) in [7, 11) is 1.72. The minimum atomic E-state index is 0.244. The van der Waals surface area contributed by atoms with Crippen molar-refractivity contribution in [2.24, 2.45) is 11.1 Å². The Morgan fingerprint density at radius 3 is 1.94 bits per heavy atom. The first-order chi connectivity index (χ1) is 7.39. The summed E-state index contributed by atoms with van der Waals surface area (Å²) in [6, 6.07) is 4.72. The first-order valence-corrected chi connectivity index (χ1v) is 5.80. The molecule has 0 spiro atoms. The molecule has 1 aromatic carbocycles. The largest absolute Gasteiger partial charge is 0.496 e. The highest BCUT2D eigenvalue weighted by atomic mass is 16.5. The molecule has 2 rings (SSSR count). The molecule has 0 heterocycles. The van der Waals surface area contributed by atoms with Crippen LogP contribution in [0.25, 0.3) is 0 Å². The maximum absolute atomic E-state index is 6.12. The first-order valence-electron chi connectivity index (χ1n) is 5.80. The van der Waals surface area contributed by atoms with E-state index in [0.29, 0.717) is 12.0 Å². The van der Waals surface area contributed by atoms with E-state index in [1.807, 2.05) is 0 Å². The predicted octanol–water partition coefficient (Wildman–Crippen LogP) is 2.76. The Hall–Kier alpha value is -1.02. The number of nitrogens with two attached hydrogens (primary N) is 1. The lowest BCUT2D eigenvalue weighted by Crippen LogP contribution is -2.06. The molecule has 88 valence electrons. The third-order valence-electron chi connectivity index (χ3n) is 3.96. The van der Waals surface area contributed by atoms with Crippen LogP contribution in [0.2, 0.25) is 0 Å². The Bertz CT molecular complexity index is 400. The van der Waals surface area contributed by atoms with Crippen LogP contribution in [-0.2, 0) is 0 Å². The van der Waals surface area contributed by atoms with Gasteiger partial charge in [-0.2, -0.15) is 0 Å². The molecule has 0 saturated heterocycles. The molecule has 0 aliphatic heterocycles. The topological polar surface area (TPSA) is 35.2 Å². The van der Waals surface area contributed by atoms with Gasteiger partial charge in [-0.05, 0) is 36.0 Å². The molecule has 2 heteroatoms. The van der Waals surface area contributed by atoms with Crippen LogP contribution >= 0.6 is 0 Å². The SMILES string of the molecule is COc1c(C)cc(C2C(N)C2(C)C)cc1C. The van der Waals surface area contributed by atoms with Crippen molar-refractivity contribution >= 4 is 0 Å². The molecule has 2 N–H and O–H groups in total. The van der Waals surface area contributed by atoms with E-state index in [0.717, 1.165) is 5.75 Å². The molecule has 2 nitrogen and oxygen atoms in total. The van der Waals surface area contributed by atoms with E-state index in [-0.39, 0.29) is 5.41 Å². The molecule has 0 radical (unpaired) electrons. The van der Waals surface area contributed by atoms with E-state index >= 15 is 0 Å². The zero-order chi connectivity index (χ0) is 12.1. The quantitative estimate of drug-likeness (QED) is 0.830. The van der Waals surface area contributed by atoms with Crippen LogP contribution in [0.4, 0.5) is 0 Å². The summed E-state index contributed by atoms with van der Waals surface area (Å²) in [5, 5.41) is 0. The Labute approximate surface area is 97.8 Å². The van der Waals surface area contributed by atoms with Gasteiger partial charge in [-0.25, -0.2) is 0 Å². The van der Waals surface area contributed by atoms with Crippen LogP contribution < -0.4 is 10.5 Å². The van der Waals surface area contributed by atoms with E-state index in [4.69, 9.17) is 10.5 Å². The van der Waals surface area contributed by atoms with Crippen LogP contribution in [0.5, 0.6) is 5.75 Å². The normalized spacial score (nSPS) is 26.6. The maximum atomic E-state index is 6.12. The van der Waals surface area contributed by atoms with Crippen molar-refractivity contribution in [2.45, 2.75) is 39.7 Å². The van der Waals surface area contributed by atoms with Gasteiger partial charge in [0.1, 0.15) is 5.75 Å². The van der Waals surface area contributed by atoms with Gasteiger partial charge in [0.05, 0.1) is 7.11 Å². The molecular weight excluding hydrogens is 198 g/mol. The van der Waals surface area contributed by atoms with Gasteiger partial charge in [-0.15, -0.1) is 0 Å². The molecule has 16 heavy (non-hydrogen) atoms. The third-order valence-corrected chi connectivity index (χ3v) is 3.96. The summed E-state index contributed by atoms with van der Waals surface area (Å²) < 4.78 is 5.38. The van der Waals surface area contributed by atoms with Crippen LogP contribution in [0.15, 0.2) is 12.1 Å². The van der Waals surface area contributed by atoms with E-state index in [2.05, 4.69) is 39.8 Å². The molecular formula is C14H21NO. The van der Waals surface area contributed by atoms with Crippen molar-refractivity contribution in [1.82, 2.24) is 0 Å². The van der Waals surface area contributed by atoms with Crippen LogP contribution in [0.3, 0.4) is 0 Å². The van der Waals surface area contributed by atoms with Crippen LogP contribution in [-0.4, -0.2) is 13.2 Å². The standard InChI is InChI=1S/C14H21NO/c1-8-6-10(7-9(2)12(8)16-5)11-13(15)14(11,3)4/h6-7,11,13H,15H2,1-5H3. The Morgan fingerprint density at radius 2 is 1.62 bits per heavy atom. The van der Waals surface area contributed by atoms with E-state index in [9.17, 15) is 0 Å². The third kappa shape index (κ3) is 1.52. The zero-order valence-corrected chi connectivity index (χ0v) is 10.8. The number of methoxy groups -OCH3 is 1. The number of ether oxygens (including phenoxy) is 1. The molecule has 0 amide bonds. The van der Waals surface area contributed by atoms with Gasteiger partial charge in [-0.3, -0.25) is 0 Å². The van der Waals surface area contributed by atoms with Crippen molar-refractivity contribution in [1.29, 1.82) is 0 Å². The molecule has 1 saturated carbocycles. The second kappa shape index (κ2) is 3.49. The molecule has 1 aromatic rings. The molecule has 2 atom stereocenters. The van der Waals surface area contributed by atoms with Crippen molar-refractivity contribution < 1.29 is 4.74 Å². The first kappa shape index (κ1) is 11.5. The van der Waals surface area contributed by atoms with E-state index in [1.165, 1.54) is 16.7 Å². The van der Waals surface area contributed by atoms with Crippen LogP contribution in [0, 0.1) is 19.3 Å². The smallest absolute Gasteiger partial charge is 0.124 e. The highest BCUT2D eigenvalue weighted by molar-refractivity contribution is 5.47. The molecule has 1 aliphatic rings. The number of rotatable bonds is 2.